The van der Waals surface area contributed by atoms with Gasteiger partial charge in [0, 0.05) is 17.6 Å². The molecule has 0 saturated heterocycles. The van der Waals surface area contributed by atoms with Crippen molar-refractivity contribution in [1.82, 2.24) is 0 Å². The van der Waals surface area contributed by atoms with Crippen molar-refractivity contribution < 1.29 is 14.3 Å². The average molecular weight is 325 g/mol. The molecule has 1 amide bonds. The first kappa shape index (κ1) is 16.4. The Morgan fingerprint density at radius 1 is 1.08 bits per heavy atom. The fourth-order valence-corrected chi connectivity index (χ4v) is 3.33. The summed E-state index contributed by atoms with van der Waals surface area (Å²) in [7, 11) is 3.20. The van der Waals surface area contributed by atoms with E-state index in [9.17, 15) is 4.79 Å². The van der Waals surface area contributed by atoms with Crippen LogP contribution in [0.25, 0.3) is 0 Å². The first-order valence-electron chi connectivity index (χ1n) is 8.07. The number of ether oxygens (including phenoxy) is 2. The van der Waals surface area contributed by atoms with Gasteiger partial charge in [-0.3, -0.25) is 4.79 Å². The van der Waals surface area contributed by atoms with Crippen LogP contribution >= 0.6 is 0 Å². The first-order chi connectivity index (χ1) is 11.5. The Kier molecular flexibility index (Phi) is 4.22. The average Bonchev–Trinajstić information content (AvgIpc) is 2.86. The van der Waals surface area contributed by atoms with E-state index in [2.05, 4.69) is 19.9 Å². The summed E-state index contributed by atoms with van der Waals surface area (Å²) >= 11 is 0. The number of carbonyl (C=O) groups excluding carboxylic acids is 1. The van der Waals surface area contributed by atoms with Gasteiger partial charge in [-0.15, -0.1) is 0 Å². The second-order valence-corrected chi connectivity index (χ2v) is 6.75. The number of benzene rings is 2. The Labute approximate surface area is 143 Å². The number of hydrogen-bond acceptors (Lipinski definition) is 3. The lowest BCUT2D eigenvalue weighted by atomic mass is 9.87. The van der Waals surface area contributed by atoms with Crippen LogP contribution < -0.4 is 14.4 Å². The van der Waals surface area contributed by atoms with Crippen molar-refractivity contribution in [2.24, 2.45) is 0 Å². The fraction of sp³-hybridized carbons (Fsp3) is 0.350. The molecule has 0 bridgehead atoms. The van der Waals surface area contributed by atoms with Crippen molar-refractivity contribution in [3.05, 3.63) is 53.6 Å². The van der Waals surface area contributed by atoms with E-state index in [1.807, 2.05) is 41.3 Å². The highest BCUT2D eigenvalue weighted by Gasteiger charge is 2.37. The smallest absolute Gasteiger partial charge is 0.231 e. The van der Waals surface area contributed by atoms with E-state index in [0.717, 1.165) is 11.3 Å². The molecule has 0 aliphatic carbocycles. The molecule has 1 aliphatic heterocycles. The largest absolute Gasteiger partial charge is 0.493 e. The molecule has 0 N–H and O–H groups in total. The zero-order valence-electron chi connectivity index (χ0n) is 14.6. The number of amides is 1. The molecule has 4 nitrogen and oxygen atoms in total. The predicted molar refractivity (Wildman–Crippen MR) is 95.1 cm³/mol. The van der Waals surface area contributed by atoms with Crippen molar-refractivity contribution in [1.29, 1.82) is 0 Å². The molecule has 0 aromatic heterocycles. The van der Waals surface area contributed by atoms with E-state index >= 15 is 0 Å². The van der Waals surface area contributed by atoms with Gasteiger partial charge < -0.3 is 14.4 Å². The lowest BCUT2D eigenvalue weighted by Crippen LogP contribution is -2.34. The number of methoxy groups -OCH3 is 2. The highest BCUT2D eigenvalue weighted by atomic mass is 16.5. The summed E-state index contributed by atoms with van der Waals surface area (Å²) < 4.78 is 10.6. The summed E-state index contributed by atoms with van der Waals surface area (Å²) in [5.41, 5.74) is 3.14. The molecule has 2 aromatic rings. The third-order valence-electron chi connectivity index (χ3n) is 4.58. The van der Waals surface area contributed by atoms with E-state index in [4.69, 9.17) is 9.47 Å². The third kappa shape index (κ3) is 2.84. The molecule has 0 fully saturated rings. The molecular weight excluding hydrogens is 302 g/mol. The lowest BCUT2D eigenvalue weighted by molar-refractivity contribution is -0.118. The van der Waals surface area contributed by atoms with Crippen molar-refractivity contribution in [3.63, 3.8) is 0 Å². The van der Waals surface area contributed by atoms with Crippen LogP contribution in [0, 0.1) is 0 Å². The van der Waals surface area contributed by atoms with Crippen LogP contribution in [0.3, 0.4) is 0 Å². The molecule has 0 atom stereocenters. The van der Waals surface area contributed by atoms with Crippen LogP contribution in [-0.2, 0) is 16.6 Å². The second kappa shape index (κ2) is 6.19. The van der Waals surface area contributed by atoms with Crippen LogP contribution in [-0.4, -0.2) is 26.7 Å². The van der Waals surface area contributed by atoms with Gasteiger partial charge in [-0.05, 0) is 29.3 Å². The minimum atomic E-state index is -0.0240. The van der Waals surface area contributed by atoms with Gasteiger partial charge >= 0.3 is 0 Å². The molecule has 126 valence electrons. The van der Waals surface area contributed by atoms with Gasteiger partial charge in [0.05, 0.1) is 20.6 Å². The molecule has 1 aliphatic rings. The maximum Gasteiger partial charge on any atom is 0.231 e. The van der Waals surface area contributed by atoms with E-state index in [0.29, 0.717) is 24.5 Å². The summed E-state index contributed by atoms with van der Waals surface area (Å²) in [5.74, 6) is 1.41. The SMILES string of the molecule is COc1ccc(CC(=O)N2CC(C)(C)c3ccccc32)cc1OC. The number of hydrogen-bond donors (Lipinski definition) is 0. The van der Waals surface area contributed by atoms with Gasteiger partial charge in [0.15, 0.2) is 11.5 Å². The number of fused-ring (bicyclic) bond motifs is 1. The standard InChI is InChI=1S/C20H23NO3/c1-20(2)13-21(16-8-6-5-7-15(16)20)19(22)12-14-9-10-17(23-3)18(11-14)24-4/h5-11H,12-13H2,1-4H3. The van der Waals surface area contributed by atoms with Gasteiger partial charge in [0.25, 0.3) is 0 Å². The Hall–Kier alpha value is -2.49. The van der Waals surface area contributed by atoms with Crippen LogP contribution in [0.2, 0.25) is 0 Å². The fourth-order valence-electron chi connectivity index (χ4n) is 3.33. The van der Waals surface area contributed by atoms with Gasteiger partial charge in [-0.25, -0.2) is 0 Å². The quantitative estimate of drug-likeness (QED) is 0.862. The number of nitrogens with zero attached hydrogens (tertiary/aromatic N) is 1. The monoisotopic (exact) mass is 325 g/mol. The van der Waals surface area contributed by atoms with Crippen LogP contribution in [0.1, 0.15) is 25.0 Å². The van der Waals surface area contributed by atoms with E-state index < -0.39 is 0 Å². The maximum atomic E-state index is 12.9. The van der Waals surface area contributed by atoms with Crippen LogP contribution in [0.5, 0.6) is 11.5 Å². The summed E-state index contributed by atoms with van der Waals surface area (Å²) in [6.07, 6.45) is 0.338. The molecule has 24 heavy (non-hydrogen) atoms. The first-order valence-corrected chi connectivity index (χ1v) is 8.07. The van der Waals surface area contributed by atoms with Gasteiger partial charge in [0.1, 0.15) is 0 Å². The molecule has 0 saturated carbocycles. The van der Waals surface area contributed by atoms with Crippen molar-refractivity contribution in [3.8, 4) is 11.5 Å². The molecule has 0 spiro atoms. The maximum absolute atomic E-state index is 12.9. The van der Waals surface area contributed by atoms with E-state index in [1.165, 1.54) is 5.56 Å². The molecule has 3 rings (SSSR count). The molecule has 2 aromatic carbocycles. The highest BCUT2D eigenvalue weighted by Crippen LogP contribution is 2.40. The zero-order valence-corrected chi connectivity index (χ0v) is 14.6. The van der Waals surface area contributed by atoms with Gasteiger partial charge in [-0.1, -0.05) is 38.1 Å². The molecule has 4 heteroatoms. The zero-order chi connectivity index (χ0) is 17.3. The Bertz CT molecular complexity index is 767. The van der Waals surface area contributed by atoms with E-state index in [-0.39, 0.29) is 11.3 Å². The number of para-hydroxylation sites is 1. The van der Waals surface area contributed by atoms with Gasteiger partial charge in [-0.2, -0.15) is 0 Å². The molecule has 1 heterocycles. The number of anilines is 1. The Morgan fingerprint density at radius 3 is 2.50 bits per heavy atom. The van der Waals surface area contributed by atoms with Crippen molar-refractivity contribution >= 4 is 11.6 Å². The normalized spacial score (nSPS) is 15.1. The highest BCUT2D eigenvalue weighted by molar-refractivity contribution is 5.97. The third-order valence-corrected chi connectivity index (χ3v) is 4.58. The Morgan fingerprint density at radius 2 is 1.79 bits per heavy atom. The molecule has 0 unspecified atom stereocenters. The van der Waals surface area contributed by atoms with Gasteiger partial charge in [0.2, 0.25) is 5.91 Å². The predicted octanol–water partition coefficient (Wildman–Crippen LogP) is 3.57. The lowest BCUT2D eigenvalue weighted by Gasteiger charge is -2.21. The number of carbonyl (C=O) groups is 1. The summed E-state index contributed by atoms with van der Waals surface area (Å²) in [6.45, 7) is 5.06. The summed E-state index contributed by atoms with van der Waals surface area (Å²) in [6, 6.07) is 13.8. The second-order valence-electron chi connectivity index (χ2n) is 6.75. The number of rotatable bonds is 4. The minimum Gasteiger partial charge on any atom is -0.493 e. The topological polar surface area (TPSA) is 38.8 Å². The molecule has 0 radical (unpaired) electrons. The molecular formula is C20H23NO3. The Balaban J connectivity index is 1.84. The summed E-state index contributed by atoms with van der Waals surface area (Å²) in [5, 5.41) is 0. The van der Waals surface area contributed by atoms with Crippen molar-refractivity contribution in [2.45, 2.75) is 25.7 Å². The van der Waals surface area contributed by atoms with Crippen LogP contribution in [0.15, 0.2) is 42.5 Å². The van der Waals surface area contributed by atoms with Crippen LogP contribution in [0.4, 0.5) is 5.69 Å². The minimum absolute atomic E-state index is 0.0240. The van der Waals surface area contributed by atoms with Crippen molar-refractivity contribution in [2.75, 3.05) is 25.7 Å². The summed E-state index contributed by atoms with van der Waals surface area (Å²) in [4.78, 5) is 14.8. The van der Waals surface area contributed by atoms with E-state index in [1.54, 1.807) is 14.2 Å².